The number of hydrogen-bond donors (Lipinski definition) is 2. The summed E-state index contributed by atoms with van der Waals surface area (Å²) in [4.78, 5) is 6.97. The van der Waals surface area contributed by atoms with Gasteiger partial charge < -0.3 is 15.8 Å². The number of nitrogens with two attached hydrogens (primary N) is 1. The molecule has 0 amide bonds. The molecule has 1 rings (SSSR count). The van der Waals surface area contributed by atoms with Gasteiger partial charge in [-0.2, -0.15) is 0 Å². The molecule has 1 heterocycles. The second kappa shape index (κ2) is 8.32. The van der Waals surface area contributed by atoms with E-state index in [4.69, 9.17) is 10.5 Å². The molecule has 2 atom stereocenters. The van der Waals surface area contributed by atoms with Crippen molar-refractivity contribution in [3.63, 3.8) is 0 Å². The SMILES string of the molecule is CCC(CN=C(N)NC(C)COC)N1CCCC1. The van der Waals surface area contributed by atoms with Crippen LogP contribution in [0.4, 0.5) is 0 Å². The van der Waals surface area contributed by atoms with E-state index in [1.807, 2.05) is 6.92 Å². The van der Waals surface area contributed by atoms with Crippen LogP contribution in [0.5, 0.6) is 0 Å². The second-order valence-electron chi connectivity index (χ2n) is 5.03. The first kappa shape index (κ1) is 15.2. The Hall–Kier alpha value is -0.810. The Morgan fingerprint density at radius 3 is 2.67 bits per heavy atom. The van der Waals surface area contributed by atoms with Gasteiger partial charge in [0.15, 0.2) is 5.96 Å². The molecule has 106 valence electrons. The predicted molar refractivity (Wildman–Crippen MR) is 75.8 cm³/mol. The number of methoxy groups -OCH3 is 1. The maximum Gasteiger partial charge on any atom is 0.188 e. The molecule has 2 unspecified atom stereocenters. The number of nitrogens with zero attached hydrogens (tertiary/aromatic N) is 2. The van der Waals surface area contributed by atoms with Gasteiger partial charge in [0.25, 0.3) is 0 Å². The summed E-state index contributed by atoms with van der Waals surface area (Å²) in [7, 11) is 1.69. The molecule has 0 spiro atoms. The van der Waals surface area contributed by atoms with E-state index in [0.717, 1.165) is 13.0 Å². The van der Waals surface area contributed by atoms with Crippen LogP contribution in [-0.4, -0.2) is 56.3 Å². The molecule has 0 aromatic heterocycles. The summed E-state index contributed by atoms with van der Waals surface area (Å²) >= 11 is 0. The smallest absolute Gasteiger partial charge is 0.188 e. The van der Waals surface area contributed by atoms with E-state index in [1.54, 1.807) is 7.11 Å². The fourth-order valence-corrected chi connectivity index (χ4v) is 2.40. The van der Waals surface area contributed by atoms with Crippen molar-refractivity contribution in [1.82, 2.24) is 10.2 Å². The molecule has 3 N–H and O–H groups in total. The van der Waals surface area contributed by atoms with Crippen molar-refractivity contribution >= 4 is 5.96 Å². The molecule has 0 bridgehead atoms. The number of ether oxygens (including phenoxy) is 1. The van der Waals surface area contributed by atoms with Gasteiger partial charge in [0.05, 0.1) is 13.2 Å². The Morgan fingerprint density at radius 1 is 1.44 bits per heavy atom. The minimum absolute atomic E-state index is 0.200. The van der Waals surface area contributed by atoms with Crippen LogP contribution in [0.25, 0.3) is 0 Å². The van der Waals surface area contributed by atoms with Gasteiger partial charge in [0, 0.05) is 19.2 Å². The standard InChI is InChI=1S/C13H28N4O/c1-4-12(17-7-5-6-8-17)9-15-13(14)16-11(2)10-18-3/h11-12H,4-10H2,1-3H3,(H3,14,15,16). The highest BCUT2D eigenvalue weighted by Gasteiger charge is 2.19. The predicted octanol–water partition coefficient (Wildman–Crippen LogP) is 0.800. The highest BCUT2D eigenvalue weighted by Crippen LogP contribution is 2.14. The zero-order valence-corrected chi connectivity index (χ0v) is 12.0. The van der Waals surface area contributed by atoms with Crippen molar-refractivity contribution in [3.8, 4) is 0 Å². The molecule has 1 aliphatic heterocycles. The van der Waals surface area contributed by atoms with Gasteiger partial charge in [-0.1, -0.05) is 6.92 Å². The number of nitrogens with one attached hydrogen (secondary N) is 1. The monoisotopic (exact) mass is 256 g/mol. The molecule has 0 aromatic rings. The lowest BCUT2D eigenvalue weighted by Gasteiger charge is -2.25. The molecule has 18 heavy (non-hydrogen) atoms. The fourth-order valence-electron chi connectivity index (χ4n) is 2.40. The lowest BCUT2D eigenvalue weighted by atomic mass is 10.2. The van der Waals surface area contributed by atoms with Crippen LogP contribution in [0.3, 0.4) is 0 Å². The van der Waals surface area contributed by atoms with Crippen molar-refractivity contribution in [2.45, 2.75) is 45.2 Å². The summed E-state index contributed by atoms with van der Waals surface area (Å²) < 4.78 is 5.05. The molecule has 1 saturated heterocycles. The van der Waals surface area contributed by atoms with Crippen molar-refractivity contribution < 1.29 is 4.74 Å². The highest BCUT2D eigenvalue weighted by atomic mass is 16.5. The van der Waals surface area contributed by atoms with Gasteiger partial charge in [-0.3, -0.25) is 9.89 Å². The molecular weight excluding hydrogens is 228 g/mol. The summed E-state index contributed by atoms with van der Waals surface area (Å²) in [6.07, 6.45) is 3.77. The number of guanidine groups is 1. The number of rotatable bonds is 7. The van der Waals surface area contributed by atoms with E-state index in [-0.39, 0.29) is 6.04 Å². The zero-order chi connectivity index (χ0) is 13.4. The summed E-state index contributed by atoms with van der Waals surface area (Å²) in [6, 6.07) is 0.733. The van der Waals surface area contributed by atoms with Crippen molar-refractivity contribution in [2.24, 2.45) is 10.7 Å². The van der Waals surface area contributed by atoms with Crippen LogP contribution in [-0.2, 0) is 4.74 Å². The molecule has 0 radical (unpaired) electrons. The van der Waals surface area contributed by atoms with E-state index in [9.17, 15) is 0 Å². The molecule has 1 fully saturated rings. The van der Waals surface area contributed by atoms with Crippen LogP contribution >= 0.6 is 0 Å². The first-order chi connectivity index (χ1) is 8.67. The van der Waals surface area contributed by atoms with Gasteiger partial charge in [-0.25, -0.2) is 0 Å². The summed E-state index contributed by atoms with van der Waals surface area (Å²) in [5, 5.41) is 3.14. The average Bonchev–Trinajstić information content (AvgIpc) is 2.83. The van der Waals surface area contributed by atoms with Crippen LogP contribution in [0, 0.1) is 0 Å². The second-order valence-corrected chi connectivity index (χ2v) is 5.03. The molecule has 5 heteroatoms. The quantitative estimate of drug-likeness (QED) is 0.522. The van der Waals surface area contributed by atoms with Gasteiger partial charge in [0.2, 0.25) is 0 Å². The zero-order valence-electron chi connectivity index (χ0n) is 12.0. The molecule has 0 aliphatic carbocycles. The van der Waals surface area contributed by atoms with E-state index in [1.165, 1.54) is 25.9 Å². The normalized spacial score (nSPS) is 20.9. The van der Waals surface area contributed by atoms with E-state index >= 15 is 0 Å². The van der Waals surface area contributed by atoms with Crippen molar-refractivity contribution in [1.29, 1.82) is 0 Å². The third-order valence-electron chi connectivity index (χ3n) is 3.41. The van der Waals surface area contributed by atoms with Gasteiger partial charge >= 0.3 is 0 Å². The number of hydrogen-bond acceptors (Lipinski definition) is 3. The first-order valence-corrected chi connectivity index (χ1v) is 6.96. The van der Waals surface area contributed by atoms with E-state index in [0.29, 0.717) is 18.6 Å². The number of likely N-dealkylation sites (tertiary alicyclic amines) is 1. The van der Waals surface area contributed by atoms with Gasteiger partial charge in [-0.05, 0) is 39.3 Å². The lowest BCUT2D eigenvalue weighted by Crippen LogP contribution is -2.42. The maximum absolute atomic E-state index is 5.87. The van der Waals surface area contributed by atoms with Crippen LogP contribution in [0.15, 0.2) is 4.99 Å². The minimum atomic E-state index is 0.200. The van der Waals surface area contributed by atoms with E-state index < -0.39 is 0 Å². The Labute approximate surface area is 111 Å². The molecule has 5 nitrogen and oxygen atoms in total. The van der Waals surface area contributed by atoms with E-state index in [2.05, 4.69) is 22.1 Å². The Morgan fingerprint density at radius 2 is 2.11 bits per heavy atom. The molecule has 0 saturated carbocycles. The number of aliphatic imine (C=N–C) groups is 1. The first-order valence-electron chi connectivity index (χ1n) is 6.96. The third-order valence-corrected chi connectivity index (χ3v) is 3.41. The summed E-state index contributed by atoms with van der Waals surface area (Å²) in [6.45, 7) is 8.09. The minimum Gasteiger partial charge on any atom is -0.383 e. The van der Waals surface area contributed by atoms with Gasteiger partial charge in [0.1, 0.15) is 0 Å². The Balaban J connectivity index is 2.34. The molecule has 1 aliphatic rings. The summed E-state index contributed by atoms with van der Waals surface area (Å²) in [5.74, 6) is 0.525. The highest BCUT2D eigenvalue weighted by molar-refractivity contribution is 5.78. The topological polar surface area (TPSA) is 62.9 Å². The van der Waals surface area contributed by atoms with Crippen LogP contribution in [0.1, 0.15) is 33.1 Å². The summed E-state index contributed by atoms with van der Waals surface area (Å²) in [5.41, 5.74) is 5.87. The van der Waals surface area contributed by atoms with Crippen molar-refractivity contribution in [2.75, 3.05) is 33.4 Å². The lowest BCUT2D eigenvalue weighted by molar-refractivity contribution is 0.179. The molecular formula is C13H28N4O. The Kier molecular flexibility index (Phi) is 7.05. The van der Waals surface area contributed by atoms with Crippen LogP contribution in [0.2, 0.25) is 0 Å². The Bertz CT molecular complexity index is 251. The maximum atomic E-state index is 5.87. The fraction of sp³-hybridized carbons (Fsp3) is 0.923. The molecule has 0 aromatic carbocycles. The van der Waals surface area contributed by atoms with Crippen molar-refractivity contribution in [3.05, 3.63) is 0 Å². The van der Waals surface area contributed by atoms with Crippen LogP contribution < -0.4 is 11.1 Å². The largest absolute Gasteiger partial charge is 0.383 e. The van der Waals surface area contributed by atoms with Gasteiger partial charge in [-0.15, -0.1) is 0 Å². The third kappa shape index (κ3) is 5.23. The average molecular weight is 256 g/mol.